The lowest BCUT2D eigenvalue weighted by molar-refractivity contribution is -0.152. The van der Waals surface area contributed by atoms with E-state index in [1.807, 2.05) is 32.6 Å². The van der Waals surface area contributed by atoms with Gasteiger partial charge in [0.15, 0.2) is 0 Å². The van der Waals surface area contributed by atoms with E-state index in [9.17, 15) is 4.79 Å². The smallest absolute Gasteiger partial charge is 0.228 e. The van der Waals surface area contributed by atoms with Crippen LogP contribution in [0.1, 0.15) is 34.1 Å². The van der Waals surface area contributed by atoms with Crippen molar-refractivity contribution in [3.8, 4) is 0 Å². The van der Waals surface area contributed by atoms with Crippen LogP contribution in [0.4, 0.5) is 0 Å². The summed E-state index contributed by atoms with van der Waals surface area (Å²) in [7, 11) is 0. The summed E-state index contributed by atoms with van der Waals surface area (Å²) in [6.07, 6.45) is 0.844. The summed E-state index contributed by atoms with van der Waals surface area (Å²) in [5.41, 5.74) is 5.30. The highest BCUT2D eigenvalue weighted by Crippen LogP contribution is 2.26. The van der Waals surface area contributed by atoms with Crippen molar-refractivity contribution in [2.75, 3.05) is 19.7 Å². The molecule has 1 heterocycles. The predicted molar refractivity (Wildman–Crippen MR) is 64.0 cm³/mol. The van der Waals surface area contributed by atoms with Gasteiger partial charge in [0.1, 0.15) is 0 Å². The number of nitrogens with zero attached hydrogens (tertiary/aromatic N) is 1. The average molecular weight is 228 g/mol. The molecule has 1 amide bonds. The second kappa shape index (κ2) is 5.15. The molecule has 16 heavy (non-hydrogen) atoms. The summed E-state index contributed by atoms with van der Waals surface area (Å²) < 4.78 is 5.55. The molecule has 4 nitrogen and oxygen atoms in total. The van der Waals surface area contributed by atoms with E-state index < -0.39 is 0 Å². The molecule has 0 aromatic rings. The van der Waals surface area contributed by atoms with Crippen LogP contribution in [0.3, 0.4) is 0 Å². The Balaban J connectivity index is 2.73. The third kappa shape index (κ3) is 2.74. The van der Waals surface area contributed by atoms with E-state index >= 15 is 0 Å². The molecule has 2 N–H and O–H groups in total. The number of carbonyl (C=O) groups is 1. The molecule has 0 aromatic heterocycles. The van der Waals surface area contributed by atoms with Crippen LogP contribution in [0.25, 0.3) is 0 Å². The zero-order valence-electron chi connectivity index (χ0n) is 10.8. The zero-order valence-corrected chi connectivity index (χ0v) is 10.8. The Hall–Kier alpha value is -0.610. The fourth-order valence-electron chi connectivity index (χ4n) is 1.78. The van der Waals surface area contributed by atoms with E-state index in [1.54, 1.807) is 0 Å². The fourth-order valence-corrected chi connectivity index (χ4v) is 1.78. The number of nitrogens with two attached hydrogens (primary N) is 1. The number of rotatable bonds is 3. The molecule has 0 saturated carbocycles. The van der Waals surface area contributed by atoms with Gasteiger partial charge in [0.05, 0.1) is 18.8 Å². The maximum atomic E-state index is 12.4. The van der Waals surface area contributed by atoms with Crippen molar-refractivity contribution in [1.29, 1.82) is 0 Å². The average Bonchev–Trinajstić information content (AvgIpc) is 2.29. The van der Waals surface area contributed by atoms with Gasteiger partial charge in [0, 0.05) is 18.5 Å². The van der Waals surface area contributed by atoms with Gasteiger partial charge in [-0.05, 0) is 13.3 Å². The molecule has 1 fully saturated rings. The molecule has 0 aliphatic carbocycles. The molecular weight excluding hydrogens is 204 g/mol. The lowest BCUT2D eigenvalue weighted by atomic mass is 9.87. The largest absolute Gasteiger partial charge is 0.373 e. The number of hydrogen-bond donors (Lipinski definition) is 1. The SMILES string of the molecule is CCC(C)(C)C(=O)N1CC(CN)OCC1C. The Morgan fingerprint density at radius 3 is 2.69 bits per heavy atom. The van der Waals surface area contributed by atoms with Crippen LogP contribution in [0.15, 0.2) is 0 Å². The predicted octanol–water partition coefficient (Wildman–Crippen LogP) is 0.997. The Kier molecular flexibility index (Phi) is 4.33. The second-order valence-electron chi connectivity index (χ2n) is 5.24. The Labute approximate surface area is 98.1 Å². The molecule has 4 heteroatoms. The molecule has 94 valence electrons. The Morgan fingerprint density at radius 1 is 1.56 bits per heavy atom. The highest BCUT2D eigenvalue weighted by molar-refractivity contribution is 5.82. The minimum atomic E-state index is -0.287. The quantitative estimate of drug-likeness (QED) is 0.784. The number of hydrogen-bond acceptors (Lipinski definition) is 3. The monoisotopic (exact) mass is 228 g/mol. The van der Waals surface area contributed by atoms with Gasteiger partial charge in [-0.3, -0.25) is 4.79 Å². The zero-order chi connectivity index (χ0) is 12.3. The first-order valence-electron chi connectivity index (χ1n) is 6.05. The Morgan fingerprint density at radius 2 is 2.19 bits per heavy atom. The van der Waals surface area contributed by atoms with Crippen LogP contribution >= 0.6 is 0 Å². The minimum absolute atomic E-state index is 0.00666. The van der Waals surface area contributed by atoms with Gasteiger partial charge in [0.2, 0.25) is 5.91 Å². The molecule has 0 radical (unpaired) electrons. The lowest BCUT2D eigenvalue weighted by Gasteiger charge is -2.41. The van der Waals surface area contributed by atoms with Crippen molar-refractivity contribution in [3.63, 3.8) is 0 Å². The van der Waals surface area contributed by atoms with Gasteiger partial charge in [-0.15, -0.1) is 0 Å². The summed E-state index contributed by atoms with van der Waals surface area (Å²) in [5.74, 6) is 0.212. The molecule has 2 atom stereocenters. The maximum Gasteiger partial charge on any atom is 0.228 e. The van der Waals surface area contributed by atoms with Crippen LogP contribution in [0.2, 0.25) is 0 Å². The first-order valence-corrected chi connectivity index (χ1v) is 6.05. The van der Waals surface area contributed by atoms with E-state index in [4.69, 9.17) is 10.5 Å². The van der Waals surface area contributed by atoms with Gasteiger partial charge in [-0.2, -0.15) is 0 Å². The first-order chi connectivity index (χ1) is 7.42. The molecule has 1 aliphatic rings. The van der Waals surface area contributed by atoms with Crippen molar-refractivity contribution >= 4 is 5.91 Å². The van der Waals surface area contributed by atoms with Gasteiger partial charge in [-0.25, -0.2) is 0 Å². The van der Waals surface area contributed by atoms with Gasteiger partial charge >= 0.3 is 0 Å². The molecule has 0 spiro atoms. The number of amides is 1. The van der Waals surface area contributed by atoms with E-state index in [1.165, 1.54) is 0 Å². The van der Waals surface area contributed by atoms with Crippen molar-refractivity contribution in [3.05, 3.63) is 0 Å². The molecule has 1 aliphatic heterocycles. The summed E-state index contributed by atoms with van der Waals surface area (Å²) in [5, 5.41) is 0. The fraction of sp³-hybridized carbons (Fsp3) is 0.917. The molecule has 1 rings (SSSR count). The third-order valence-corrected chi connectivity index (χ3v) is 3.49. The van der Waals surface area contributed by atoms with E-state index in [0.717, 1.165) is 6.42 Å². The van der Waals surface area contributed by atoms with E-state index in [2.05, 4.69) is 0 Å². The summed E-state index contributed by atoms with van der Waals surface area (Å²) in [6.45, 7) is 9.75. The molecule has 0 aromatic carbocycles. The van der Waals surface area contributed by atoms with Crippen molar-refractivity contribution < 1.29 is 9.53 Å². The van der Waals surface area contributed by atoms with Crippen molar-refractivity contribution in [2.45, 2.75) is 46.3 Å². The summed E-state index contributed by atoms with van der Waals surface area (Å²) in [4.78, 5) is 14.3. The second-order valence-corrected chi connectivity index (χ2v) is 5.24. The van der Waals surface area contributed by atoms with E-state index in [-0.39, 0.29) is 23.5 Å². The molecular formula is C12H24N2O2. The summed E-state index contributed by atoms with van der Waals surface area (Å²) >= 11 is 0. The first kappa shape index (κ1) is 13.5. The Bertz CT molecular complexity index is 253. The van der Waals surface area contributed by atoms with Crippen LogP contribution < -0.4 is 5.73 Å². The number of morpholine rings is 1. The maximum absolute atomic E-state index is 12.4. The summed E-state index contributed by atoms with van der Waals surface area (Å²) in [6, 6.07) is 0.154. The molecule has 1 saturated heterocycles. The molecule has 0 bridgehead atoms. The van der Waals surface area contributed by atoms with E-state index in [0.29, 0.717) is 19.7 Å². The molecule has 2 unspecified atom stereocenters. The highest BCUT2D eigenvalue weighted by atomic mass is 16.5. The number of ether oxygens (including phenoxy) is 1. The van der Waals surface area contributed by atoms with Gasteiger partial charge in [-0.1, -0.05) is 20.8 Å². The third-order valence-electron chi connectivity index (χ3n) is 3.49. The van der Waals surface area contributed by atoms with Gasteiger partial charge in [0.25, 0.3) is 0 Å². The van der Waals surface area contributed by atoms with Crippen LogP contribution in [0.5, 0.6) is 0 Å². The lowest BCUT2D eigenvalue weighted by Crippen LogP contribution is -2.55. The highest BCUT2D eigenvalue weighted by Gasteiger charge is 2.36. The van der Waals surface area contributed by atoms with Crippen LogP contribution in [-0.4, -0.2) is 42.6 Å². The van der Waals surface area contributed by atoms with Gasteiger partial charge < -0.3 is 15.4 Å². The van der Waals surface area contributed by atoms with Crippen LogP contribution in [0, 0.1) is 5.41 Å². The minimum Gasteiger partial charge on any atom is -0.373 e. The van der Waals surface area contributed by atoms with Crippen LogP contribution in [-0.2, 0) is 9.53 Å². The standard InChI is InChI=1S/C12H24N2O2/c1-5-12(3,4)11(15)14-7-10(6-13)16-8-9(14)2/h9-10H,5-8,13H2,1-4H3. The normalized spacial score (nSPS) is 26.9. The number of carbonyl (C=O) groups excluding carboxylic acids is 1. The topological polar surface area (TPSA) is 55.6 Å². The van der Waals surface area contributed by atoms with Crippen molar-refractivity contribution in [1.82, 2.24) is 4.90 Å². The van der Waals surface area contributed by atoms with Crippen molar-refractivity contribution in [2.24, 2.45) is 11.1 Å².